The van der Waals surface area contributed by atoms with Crippen LogP contribution in [-0.4, -0.2) is 25.7 Å². The molecule has 0 atom stereocenters. The predicted octanol–water partition coefficient (Wildman–Crippen LogP) is 3.75. The molecule has 0 radical (unpaired) electrons. The SMILES string of the molecule is COC(=O)c1cc2ccccc2cc1OC(=O)COCc1ccccc1. The van der Waals surface area contributed by atoms with Gasteiger partial charge in [0.05, 0.1) is 13.7 Å². The topological polar surface area (TPSA) is 61.8 Å². The van der Waals surface area contributed by atoms with E-state index < -0.39 is 11.9 Å². The largest absolute Gasteiger partial charge is 0.465 e. The van der Waals surface area contributed by atoms with Crippen molar-refractivity contribution in [1.82, 2.24) is 0 Å². The smallest absolute Gasteiger partial charge is 0.341 e. The predicted molar refractivity (Wildman–Crippen MR) is 97.0 cm³/mol. The molecule has 3 aromatic carbocycles. The first-order chi connectivity index (χ1) is 12.7. The van der Waals surface area contributed by atoms with Gasteiger partial charge in [0.25, 0.3) is 0 Å². The molecule has 5 nitrogen and oxygen atoms in total. The summed E-state index contributed by atoms with van der Waals surface area (Å²) >= 11 is 0. The molecule has 0 aliphatic rings. The van der Waals surface area contributed by atoms with E-state index in [-0.39, 0.29) is 17.9 Å². The number of fused-ring (bicyclic) bond motifs is 1. The molecule has 0 amide bonds. The van der Waals surface area contributed by atoms with Crippen molar-refractivity contribution in [2.24, 2.45) is 0 Å². The standard InChI is InChI=1S/C21H18O5/c1-24-21(23)18-11-16-9-5-6-10-17(16)12-19(18)26-20(22)14-25-13-15-7-3-2-4-8-15/h2-12H,13-14H2,1H3. The molecule has 0 fully saturated rings. The fourth-order valence-electron chi connectivity index (χ4n) is 2.55. The van der Waals surface area contributed by atoms with Crippen molar-refractivity contribution in [2.75, 3.05) is 13.7 Å². The molecule has 5 heteroatoms. The maximum atomic E-state index is 12.1. The molecule has 0 spiro atoms. The molecule has 0 bridgehead atoms. The molecule has 3 aromatic rings. The van der Waals surface area contributed by atoms with Crippen LogP contribution in [0.1, 0.15) is 15.9 Å². The zero-order chi connectivity index (χ0) is 18.4. The lowest BCUT2D eigenvalue weighted by atomic mass is 10.1. The van der Waals surface area contributed by atoms with E-state index in [1.165, 1.54) is 7.11 Å². The Morgan fingerprint density at radius 3 is 2.23 bits per heavy atom. The summed E-state index contributed by atoms with van der Waals surface area (Å²) in [4.78, 5) is 24.1. The van der Waals surface area contributed by atoms with Crippen molar-refractivity contribution in [1.29, 1.82) is 0 Å². The Bertz CT molecular complexity index is 918. The van der Waals surface area contributed by atoms with Gasteiger partial charge in [0.1, 0.15) is 17.9 Å². The van der Waals surface area contributed by atoms with E-state index in [1.807, 2.05) is 54.6 Å². The molecule has 3 rings (SSSR count). The zero-order valence-corrected chi connectivity index (χ0v) is 14.3. The van der Waals surface area contributed by atoms with Gasteiger partial charge in [-0.15, -0.1) is 0 Å². The molecule has 0 aliphatic carbocycles. The third kappa shape index (κ3) is 4.26. The molecular formula is C21H18O5. The number of hydrogen-bond donors (Lipinski definition) is 0. The number of esters is 2. The highest BCUT2D eigenvalue weighted by Crippen LogP contribution is 2.27. The van der Waals surface area contributed by atoms with Gasteiger partial charge in [-0.1, -0.05) is 54.6 Å². The van der Waals surface area contributed by atoms with Crippen molar-refractivity contribution >= 4 is 22.7 Å². The summed E-state index contributed by atoms with van der Waals surface area (Å²) in [6.07, 6.45) is 0. The van der Waals surface area contributed by atoms with E-state index >= 15 is 0 Å². The summed E-state index contributed by atoms with van der Waals surface area (Å²) in [6, 6.07) is 20.3. The fourth-order valence-corrected chi connectivity index (χ4v) is 2.55. The average Bonchev–Trinajstić information content (AvgIpc) is 2.67. The van der Waals surface area contributed by atoms with Gasteiger partial charge in [-0.2, -0.15) is 0 Å². The molecular weight excluding hydrogens is 332 g/mol. The lowest BCUT2D eigenvalue weighted by molar-refractivity contribution is -0.139. The number of rotatable bonds is 6. The third-order valence-corrected chi connectivity index (χ3v) is 3.81. The Morgan fingerprint density at radius 1 is 0.885 bits per heavy atom. The van der Waals surface area contributed by atoms with E-state index in [2.05, 4.69) is 0 Å². The van der Waals surface area contributed by atoms with Crippen LogP contribution in [0.25, 0.3) is 10.8 Å². The van der Waals surface area contributed by atoms with E-state index in [9.17, 15) is 9.59 Å². The van der Waals surface area contributed by atoms with E-state index in [0.717, 1.165) is 16.3 Å². The number of ether oxygens (including phenoxy) is 3. The molecule has 132 valence electrons. The van der Waals surface area contributed by atoms with Crippen molar-refractivity contribution < 1.29 is 23.8 Å². The Kier molecular flexibility index (Phi) is 5.61. The summed E-state index contributed by atoms with van der Waals surface area (Å²) in [5.41, 5.74) is 1.16. The average molecular weight is 350 g/mol. The molecule has 0 saturated carbocycles. The summed E-state index contributed by atoms with van der Waals surface area (Å²) in [5, 5.41) is 1.71. The van der Waals surface area contributed by atoms with Crippen molar-refractivity contribution in [3.63, 3.8) is 0 Å². The first-order valence-corrected chi connectivity index (χ1v) is 8.11. The highest BCUT2D eigenvalue weighted by Gasteiger charge is 2.17. The molecule has 0 N–H and O–H groups in total. The van der Waals surface area contributed by atoms with Crippen LogP contribution >= 0.6 is 0 Å². The Balaban J connectivity index is 1.72. The lowest BCUT2D eigenvalue weighted by Crippen LogP contribution is -2.17. The molecule has 26 heavy (non-hydrogen) atoms. The highest BCUT2D eigenvalue weighted by molar-refractivity contribution is 5.99. The number of carbonyl (C=O) groups is 2. The van der Waals surface area contributed by atoms with Crippen LogP contribution in [0.3, 0.4) is 0 Å². The van der Waals surface area contributed by atoms with Crippen LogP contribution < -0.4 is 4.74 Å². The molecule has 0 aliphatic heterocycles. The van der Waals surface area contributed by atoms with Gasteiger partial charge in [0.2, 0.25) is 0 Å². The normalized spacial score (nSPS) is 10.5. The van der Waals surface area contributed by atoms with E-state index in [0.29, 0.717) is 6.61 Å². The second kappa shape index (κ2) is 8.27. The van der Waals surface area contributed by atoms with Crippen LogP contribution in [-0.2, 0) is 20.9 Å². The number of methoxy groups -OCH3 is 1. The molecule has 0 aromatic heterocycles. The van der Waals surface area contributed by atoms with Crippen LogP contribution in [0, 0.1) is 0 Å². The van der Waals surface area contributed by atoms with Crippen LogP contribution in [0.15, 0.2) is 66.7 Å². The first-order valence-electron chi connectivity index (χ1n) is 8.11. The summed E-state index contributed by atoms with van der Waals surface area (Å²) < 4.78 is 15.5. The minimum atomic E-state index is -0.582. The van der Waals surface area contributed by atoms with Crippen molar-refractivity contribution in [2.45, 2.75) is 6.61 Å². The van der Waals surface area contributed by atoms with Crippen molar-refractivity contribution in [3.05, 3.63) is 77.9 Å². The van der Waals surface area contributed by atoms with E-state index in [1.54, 1.807) is 12.1 Å². The van der Waals surface area contributed by atoms with Gasteiger partial charge >= 0.3 is 11.9 Å². The molecule has 0 unspecified atom stereocenters. The maximum Gasteiger partial charge on any atom is 0.341 e. The van der Waals surface area contributed by atoms with Gasteiger partial charge in [-0.25, -0.2) is 9.59 Å². The summed E-state index contributed by atoms with van der Waals surface area (Å²) in [6.45, 7) is 0.0832. The van der Waals surface area contributed by atoms with Gasteiger partial charge < -0.3 is 14.2 Å². The number of benzene rings is 3. The second-order valence-electron chi connectivity index (χ2n) is 5.64. The summed E-state index contributed by atoms with van der Waals surface area (Å²) in [7, 11) is 1.28. The van der Waals surface area contributed by atoms with Gasteiger partial charge in [0, 0.05) is 0 Å². The third-order valence-electron chi connectivity index (χ3n) is 3.81. The van der Waals surface area contributed by atoms with Gasteiger partial charge in [0.15, 0.2) is 0 Å². The van der Waals surface area contributed by atoms with Crippen LogP contribution in [0.5, 0.6) is 5.75 Å². The fraction of sp³-hybridized carbons (Fsp3) is 0.143. The Labute approximate surface area is 151 Å². The monoisotopic (exact) mass is 350 g/mol. The van der Waals surface area contributed by atoms with Crippen LogP contribution in [0.4, 0.5) is 0 Å². The lowest BCUT2D eigenvalue weighted by Gasteiger charge is -2.11. The number of carbonyl (C=O) groups excluding carboxylic acids is 2. The van der Waals surface area contributed by atoms with Crippen molar-refractivity contribution in [3.8, 4) is 5.75 Å². The zero-order valence-electron chi connectivity index (χ0n) is 14.3. The first kappa shape index (κ1) is 17.6. The van der Waals surface area contributed by atoms with Gasteiger partial charge in [-0.3, -0.25) is 0 Å². The maximum absolute atomic E-state index is 12.1. The Morgan fingerprint density at radius 2 is 1.54 bits per heavy atom. The quantitative estimate of drug-likeness (QED) is 0.500. The molecule has 0 heterocycles. The number of hydrogen-bond acceptors (Lipinski definition) is 5. The minimum Gasteiger partial charge on any atom is -0.465 e. The highest BCUT2D eigenvalue weighted by atomic mass is 16.6. The summed E-state index contributed by atoms with van der Waals surface area (Å²) in [5.74, 6) is -0.992. The minimum absolute atomic E-state index is 0.156. The Hall–Kier alpha value is -3.18. The second-order valence-corrected chi connectivity index (χ2v) is 5.64. The van der Waals surface area contributed by atoms with E-state index in [4.69, 9.17) is 14.2 Å². The van der Waals surface area contributed by atoms with Gasteiger partial charge in [-0.05, 0) is 28.5 Å². The van der Waals surface area contributed by atoms with Crippen LogP contribution in [0.2, 0.25) is 0 Å². The molecule has 0 saturated heterocycles.